The van der Waals surface area contributed by atoms with Gasteiger partial charge in [0.1, 0.15) is 17.2 Å². The highest BCUT2D eigenvalue weighted by atomic mass is 19.1. The number of nitrogens with zero attached hydrogens (tertiary/aromatic N) is 3. The van der Waals surface area contributed by atoms with Crippen LogP contribution in [-0.2, 0) is 24.4 Å². The van der Waals surface area contributed by atoms with E-state index in [1.54, 1.807) is 30.0 Å². The van der Waals surface area contributed by atoms with Gasteiger partial charge >= 0.3 is 5.69 Å². The van der Waals surface area contributed by atoms with E-state index in [2.05, 4.69) is 5.32 Å². The van der Waals surface area contributed by atoms with Crippen molar-refractivity contribution in [2.45, 2.75) is 51.9 Å². The van der Waals surface area contributed by atoms with E-state index in [1.165, 1.54) is 10.6 Å². The number of likely N-dealkylation sites (tertiary alicyclic amines) is 1. The highest BCUT2D eigenvalue weighted by Gasteiger charge is 2.32. The van der Waals surface area contributed by atoms with Crippen LogP contribution in [0.2, 0.25) is 0 Å². The summed E-state index contributed by atoms with van der Waals surface area (Å²) in [4.78, 5) is 54.4. The average molecular weight is 522 g/mol. The molecule has 0 aliphatic carbocycles. The molecule has 0 bridgehead atoms. The molecule has 4 rings (SSSR count). The second-order valence-corrected chi connectivity index (χ2v) is 9.38. The Morgan fingerprint density at radius 3 is 2.45 bits per heavy atom. The molecule has 1 aliphatic heterocycles. The monoisotopic (exact) mass is 521 g/mol. The van der Waals surface area contributed by atoms with Crippen molar-refractivity contribution in [1.29, 1.82) is 0 Å². The van der Waals surface area contributed by atoms with Gasteiger partial charge in [0.25, 0.3) is 5.56 Å². The van der Waals surface area contributed by atoms with Gasteiger partial charge in [0.15, 0.2) is 5.78 Å². The zero-order valence-corrected chi connectivity index (χ0v) is 21.4. The van der Waals surface area contributed by atoms with Gasteiger partial charge in [0, 0.05) is 18.7 Å². The minimum Gasteiger partial charge on any atom is -0.384 e. The first-order chi connectivity index (χ1) is 18.3. The molecule has 0 spiro atoms. The molecule has 0 unspecified atom stereocenters. The van der Waals surface area contributed by atoms with E-state index in [-0.39, 0.29) is 43.5 Å². The van der Waals surface area contributed by atoms with Crippen LogP contribution in [0.15, 0.2) is 64.2 Å². The third kappa shape index (κ3) is 5.75. The maximum Gasteiger partial charge on any atom is 0.332 e. The number of benzene rings is 2. The van der Waals surface area contributed by atoms with Crippen LogP contribution in [-0.4, -0.2) is 44.9 Å². The minimum atomic E-state index is -0.734. The molecule has 1 fully saturated rings. The van der Waals surface area contributed by atoms with Crippen molar-refractivity contribution in [3.8, 4) is 0 Å². The largest absolute Gasteiger partial charge is 0.384 e. The smallest absolute Gasteiger partial charge is 0.332 e. The molecular formula is C28H32FN5O4. The molecule has 2 aromatic carbocycles. The molecule has 2 heterocycles. The molecule has 1 atom stereocenters. The average Bonchev–Trinajstić information content (AvgIpc) is 2.91. The van der Waals surface area contributed by atoms with Gasteiger partial charge < -0.3 is 11.1 Å². The van der Waals surface area contributed by atoms with Crippen LogP contribution in [0.25, 0.3) is 0 Å². The van der Waals surface area contributed by atoms with Gasteiger partial charge in [-0.05, 0) is 37.9 Å². The topological polar surface area (TPSA) is 119 Å². The normalized spacial score (nSPS) is 15.8. The number of rotatable bonds is 9. The molecule has 10 heteroatoms. The van der Waals surface area contributed by atoms with Gasteiger partial charge in [-0.1, -0.05) is 55.0 Å². The van der Waals surface area contributed by atoms with E-state index < -0.39 is 28.9 Å². The third-order valence-electron chi connectivity index (χ3n) is 6.92. The van der Waals surface area contributed by atoms with Gasteiger partial charge in [-0.25, -0.2) is 9.18 Å². The number of halogens is 1. The number of aromatic nitrogens is 2. The van der Waals surface area contributed by atoms with Crippen molar-refractivity contribution in [3.63, 3.8) is 0 Å². The molecule has 0 radical (unpaired) electrons. The summed E-state index contributed by atoms with van der Waals surface area (Å²) in [5.41, 5.74) is 5.87. The number of carbonyl (C=O) groups is 2. The predicted molar refractivity (Wildman–Crippen MR) is 142 cm³/mol. The van der Waals surface area contributed by atoms with Crippen molar-refractivity contribution in [3.05, 3.63) is 97.9 Å². The number of hydrogen-bond donors (Lipinski definition) is 2. The van der Waals surface area contributed by atoms with Crippen molar-refractivity contribution >= 4 is 17.5 Å². The summed E-state index contributed by atoms with van der Waals surface area (Å²) in [6.07, 6.45) is 2.11. The number of nitrogens with one attached hydrogen (secondary N) is 1. The third-order valence-corrected chi connectivity index (χ3v) is 6.92. The summed E-state index contributed by atoms with van der Waals surface area (Å²) in [5.74, 6) is -1.45. The van der Waals surface area contributed by atoms with Crippen LogP contribution in [0.4, 0.5) is 10.2 Å². The van der Waals surface area contributed by atoms with Crippen LogP contribution in [0.3, 0.4) is 0 Å². The van der Waals surface area contributed by atoms with Crippen LogP contribution < -0.4 is 22.3 Å². The zero-order valence-electron chi connectivity index (χ0n) is 21.4. The van der Waals surface area contributed by atoms with E-state index in [0.717, 1.165) is 23.0 Å². The number of nitrogens with two attached hydrogens (primary N) is 1. The summed E-state index contributed by atoms with van der Waals surface area (Å²) >= 11 is 0. The van der Waals surface area contributed by atoms with Gasteiger partial charge in [-0.2, -0.15) is 0 Å². The van der Waals surface area contributed by atoms with Crippen molar-refractivity contribution < 1.29 is 14.0 Å². The number of carbonyl (C=O) groups excluding carboxylic acids is 2. The molecule has 38 heavy (non-hydrogen) atoms. The predicted octanol–water partition coefficient (Wildman–Crippen LogP) is 2.15. The summed E-state index contributed by atoms with van der Waals surface area (Å²) in [7, 11) is 0. The maximum atomic E-state index is 14.0. The second-order valence-electron chi connectivity index (χ2n) is 9.38. The van der Waals surface area contributed by atoms with Gasteiger partial charge in [-0.15, -0.1) is 0 Å². The molecule has 1 amide bonds. The number of Topliss-reactive ketones (excluding diaryl/α,β-unsaturated/α-hetero) is 1. The summed E-state index contributed by atoms with van der Waals surface area (Å²) in [6.45, 7) is 2.15. The zero-order chi connectivity index (χ0) is 27.2. The summed E-state index contributed by atoms with van der Waals surface area (Å²) in [6, 6.07) is 14.8. The van der Waals surface area contributed by atoms with Crippen LogP contribution in [0.1, 0.15) is 47.7 Å². The van der Waals surface area contributed by atoms with Gasteiger partial charge in [0.05, 0.1) is 19.1 Å². The van der Waals surface area contributed by atoms with E-state index in [4.69, 9.17) is 5.73 Å². The van der Waals surface area contributed by atoms with Crippen LogP contribution in [0.5, 0.6) is 0 Å². The number of anilines is 1. The fourth-order valence-corrected chi connectivity index (χ4v) is 4.86. The van der Waals surface area contributed by atoms with Crippen molar-refractivity contribution in [2.75, 3.05) is 18.8 Å². The van der Waals surface area contributed by atoms with Crippen LogP contribution >= 0.6 is 0 Å². The quantitative estimate of drug-likeness (QED) is 0.417. The lowest BCUT2D eigenvalue weighted by atomic mass is 10.00. The highest BCUT2D eigenvalue weighted by molar-refractivity contribution is 6.01. The Hall–Kier alpha value is -4.05. The fourth-order valence-electron chi connectivity index (χ4n) is 4.86. The Morgan fingerprint density at radius 1 is 1.03 bits per heavy atom. The molecule has 1 aromatic heterocycles. The van der Waals surface area contributed by atoms with Gasteiger partial charge in [0.2, 0.25) is 5.91 Å². The van der Waals surface area contributed by atoms with Crippen LogP contribution in [0, 0.1) is 5.82 Å². The maximum absolute atomic E-state index is 14.0. The first-order valence-corrected chi connectivity index (χ1v) is 12.8. The van der Waals surface area contributed by atoms with E-state index in [9.17, 15) is 23.6 Å². The van der Waals surface area contributed by atoms with E-state index >= 15 is 0 Å². The Morgan fingerprint density at radius 2 is 1.74 bits per heavy atom. The number of piperidine rings is 1. The van der Waals surface area contributed by atoms with Crippen molar-refractivity contribution in [2.24, 2.45) is 0 Å². The lowest BCUT2D eigenvalue weighted by molar-refractivity contribution is -0.127. The van der Waals surface area contributed by atoms with E-state index in [1.807, 2.05) is 30.3 Å². The molecule has 9 nitrogen and oxygen atoms in total. The van der Waals surface area contributed by atoms with Gasteiger partial charge in [-0.3, -0.25) is 28.4 Å². The first kappa shape index (κ1) is 27.0. The van der Waals surface area contributed by atoms with Crippen molar-refractivity contribution in [1.82, 2.24) is 19.4 Å². The summed E-state index contributed by atoms with van der Waals surface area (Å²) < 4.78 is 16.2. The second kappa shape index (κ2) is 12.0. The molecule has 200 valence electrons. The summed E-state index contributed by atoms with van der Waals surface area (Å²) in [5, 5.41) is 2.77. The molecule has 3 N–H and O–H groups in total. The number of amides is 1. The number of ketones is 1. The van der Waals surface area contributed by atoms with E-state index in [0.29, 0.717) is 18.5 Å². The SMILES string of the molecule is CCn1c(=O)c(C(=O)CN2CCCC[C@@H]2C(=O)NCc2ccccc2F)c(N)n(Cc2ccccc2)c1=O. The Labute approximate surface area is 219 Å². The fraction of sp³-hybridized carbons (Fsp3) is 0.357. The molecule has 0 saturated carbocycles. The Kier molecular flexibility index (Phi) is 8.52. The minimum absolute atomic E-state index is 0.0302. The highest BCUT2D eigenvalue weighted by Crippen LogP contribution is 2.19. The number of hydrogen-bond acceptors (Lipinski definition) is 6. The molecule has 1 aliphatic rings. The molecule has 3 aromatic rings. The Bertz CT molecular complexity index is 1430. The molecular weight excluding hydrogens is 489 g/mol. The lowest BCUT2D eigenvalue weighted by Crippen LogP contribution is -2.52. The Balaban J connectivity index is 1.57. The molecule has 1 saturated heterocycles. The standard InChI is InChI=1S/C28H32FN5O4/c1-2-33-27(37)24(25(30)34(28(33)38)17-19-10-4-3-5-11-19)23(35)18-32-15-9-8-14-22(32)26(36)31-16-20-12-6-7-13-21(20)29/h3-7,10-13,22H,2,8-9,14-18,30H2,1H3,(H,31,36)/t22-/m1/s1. The lowest BCUT2D eigenvalue weighted by Gasteiger charge is -2.34. The number of nitrogen functional groups attached to an aromatic ring is 1. The first-order valence-electron chi connectivity index (χ1n) is 12.8.